The van der Waals surface area contributed by atoms with Gasteiger partial charge in [0.2, 0.25) is 5.71 Å². The Morgan fingerprint density at radius 3 is 2.21 bits per heavy atom. The molecule has 0 aliphatic heterocycles. The summed E-state index contributed by atoms with van der Waals surface area (Å²) in [5, 5.41) is 4.54. The molecule has 9 aromatic rings. The molecule has 9 heteroatoms. The topological polar surface area (TPSA) is 69.6 Å². The van der Waals surface area contributed by atoms with E-state index in [9.17, 15) is 4.39 Å². The van der Waals surface area contributed by atoms with Crippen LogP contribution < -0.4 is 5.19 Å². The molecule has 0 fully saturated rings. The first-order valence-corrected chi connectivity index (χ1v) is 25.1. The summed E-state index contributed by atoms with van der Waals surface area (Å²) >= 11 is 0. The summed E-state index contributed by atoms with van der Waals surface area (Å²) in [5.41, 5.74) is 15.6. The van der Waals surface area contributed by atoms with E-state index in [2.05, 4.69) is 158 Å². The molecule has 9 rings (SSSR count). The molecule has 0 spiro atoms. The van der Waals surface area contributed by atoms with Crippen molar-refractivity contribution in [2.45, 2.75) is 101 Å². The van der Waals surface area contributed by atoms with Gasteiger partial charge in [0.15, 0.2) is 0 Å². The molecule has 4 aromatic carbocycles. The fourth-order valence-electron chi connectivity index (χ4n) is 8.71. The molecule has 0 N–H and O–H groups in total. The predicted molar refractivity (Wildman–Crippen MR) is 258 cm³/mol. The molecule has 0 aliphatic rings. The zero-order valence-electron chi connectivity index (χ0n) is 38.7. The van der Waals surface area contributed by atoms with E-state index in [-0.39, 0.29) is 31.3 Å². The molecule has 0 atom stereocenters. The summed E-state index contributed by atoms with van der Waals surface area (Å²) in [6.07, 6.45) is 3.03. The molecule has 1 radical (unpaired) electrons. The summed E-state index contributed by atoms with van der Waals surface area (Å²) in [4.78, 5) is 19.8. The first-order chi connectivity index (χ1) is 29.3. The normalized spacial score (nSPS) is 12.0. The van der Waals surface area contributed by atoms with Gasteiger partial charge >= 0.3 is 0 Å². The van der Waals surface area contributed by atoms with Crippen LogP contribution in [0.5, 0.6) is 0 Å². The Morgan fingerprint density at radius 2 is 1.54 bits per heavy atom. The third-order valence-electron chi connectivity index (χ3n) is 11.5. The van der Waals surface area contributed by atoms with Crippen LogP contribution in [0.2, 0.25) is 19.6 Å². The summed E-state index contributed by atoms with van der Waals surface area (Å²) in [6.45, 7) is 28.6. The Labute approximate surface area is 385 Å². The number of hydrogen-bond acceptors (Lipinski definition) is 5. The molecule has 0 amide bonds. The number of imidazole rings is 1. The standard InChI is InChI=1S/C36H33N4O.C18H23FNSi.Ir/c1-19-17-21(3)31(22(4)18-19)40-32-27(15-12-24-11-10-23(5)37-30(24)32)38-34(40)26-13-9-20(2)29-25-14-16-28(36(6,7)8)39-35(25)41-33(26)29;1-13(2)9-15-11-17(14-7-6-8-16(19)10-14)20-12-18(15)21(3,4)5;/h9-12,14-18H,1-8H3;6,8,10-13H,9H2,1-5H3;/q2*-1;. The van der Waals surface area contributed by atoms with Crippen molar-refractivity contribution in [3.63, 3.8) is 0 Å². The number of fused-ring (bicyclic) bond motifs is 6. The minimum Gasteiger partial charge on any atom is -0.486 e. The van der Waals surface area contributed by atoms with E-state index in [1.165, 1.54) is 39.6 Å². The maximum Gasteiger partial charge on any atom is 0.216 e. The molecule has 6 nitrogen and oxygen atoms in total. The monoisotopic (exact) mass is 1030 g/mol. The third-order valence-corrected chi connectivity index (χ3v) is 13.6. The molecule has 325 valence electrons. The summed E-state index contributed by atoms with van der Waals surface area (Å²) in [6, 6.07) is 32.4. The second-order valence-corrected chi connectivity index (χ2v) is 24.5. The van der Waals surface area contributed by atoms with Crippen molar-refractivity contribution in [1.82, 2.24) is 24.5 Å². The number of nitrogens with zero attached hydrogens (tertiary/aromatic N) is 5. The van der Waals surface area contributed by atoms with E-state index >= 15 is 0 Å². The van der Waals surface area contributed by atoms with E-state index in [0.717, 1.165) is 90.0 Å². The zero-order valence-corrected chi connectivity index (χ0v) is 42.1. The van der Waals surface area contributed by atoms with Gasteiger partial charge in [-0.1, -0.05) is 114 Å². The van der Waals surface area contributed by atoms with Gasteiger partial charge in [-0.05, 0) is 86.3 Å². The Bertz CT molecular complexity index is 3160. The Hall–Kier alpha value is -5.34. The van der Waals surface area contributed by atoms with Crippen LogP contribution in [0.4, 0.5) is 4.39 Å². The van der Waals surface area contributed by atoms with Gasteiger partial charge in [0, 0.05) is 65.4 Å². The van der Waals surface area contributed by atoms with Crippen LogP contribution in [-0.2, 0) is 31.9 Å². The molecular weight excluding hydrogens is 974 g/mol. The molecular formula is C54H56FIrN5OSi-2. The summed E-state index contributed by atoms with van der Waals surface area (Å²) in [5.74, 6) is 1.13. The quantitative estimate of drug-likeness (QED) is 0.123. The van der Waals surface area contributed by atoms with Gasteiger partial charge in [-0.2, -0.15) is 0 Å². The first kappa shape index (κ1) is 45.7. The Balaban J connectivity index is 0.000000229. The van der Waals surface area contributed by atoms with E-state index < -0.39 is 8.07 Å². The molecule has 0 saturated carbocycles. The van der Waals surface area contributed by atoms with Crippen molar-refractivity contribution in [3.05, 3.63) is 142 Å². The number of benzene rings is 4. The van der Waals surface area contributed by atoms with Crippen molar-refractivity contribution >= 4 is 57.3 Å². The minimum absolute atomic E-state index is 0. The number of pyridine rings is 3. The maximum atomic E-state index is 13.4. The number of aryl methyl sites for hydroxylation is 5. The van der Waals surface area contributed by atoms with Crippen LogP contribution >= 0.6 is 0 Å². The molecule has 0 saturated heterocycles. The average molecular weight is 1030 g/mol. The van der Waals surface area contributed by atoms with Crippen LogP contribution in [0.15, 0.2) is 89.5 Å². The number of furan rings is 1. The molecule has 63 heavy (non-hydrogen) atoms. The van der Waals surface area contributed by atoms with Gasteiger partial charge in [-0.25, -0.2) is 9.37 Å². The fraction of sp³-hybridized carbons (Fsp3) is 0.296. The summed E-state index contributed by atoms with van der Waals surface area (Å²) < 4.78 is 22.3. The van der Waals surface area contributed by atoms with Crippen LogP contribution in [0.1, 0.15) is 73.8 Å². The van der Waals surface area contributed by atoms with Gasteiger partial charge in [0.1, 0.15) is 0 Å². The largest absolute Gasteiger partial charge is 0.486 e. The molecule has 5 heterocycles. The van der Waals surface area contributed by atoms with Crippen molar-refractivity contribution in [3.8, 4) is 28.3 Å². The van der Waals surface area contributed by atoms with Gasteiger partial charge < -0.3 is 14.0 Å². The second-order valence-electron chi connectivity index (χ2n) is 19.4. The van der Waals surface area contributed by atoms with Gasteiger partial charge in [0.25, 0.3) is 0 Å². The van der Waals surface area contributed by atoms with Crippen molar-refractivity contribution in [1.29, 1.82) is 0 Å². The average Bonchev–Trinajstić information content (AvgIpc) is 3.76. The first-order valence-electron chi connectivity index (χ1n) is 21.6. The fourth-order valence-corrected chi connectivity index (χ4v) is 10.3. The molecule has 0 aliphatic carbocycles. The Kier molecular flexibility index (Phi) is 12.6. The van der Waals surface area contributed by atoms with Gasteiger partial charge in [-0.15, -0.1) is 47.5 Å². The van der Waals surface area contributed by atoms with Crippen molar-refractivity contribution in [2.24, 2.45) is 5.92 Å². The number of halogens is 1. The van der Waals surface area contributed by atoms with Crippen LogP contribution in [0.3, 0.4) is 0 Å². The maximum absolute atomic E-state index is 13.4. The molecule has 0 unspecified atom stereocenters. The van der Waals surface area contributed by atoms with E-state index in [1.54, 1.807) is 6.07 Å². The smallest absolute Gasteiger partial charge is 0.216 e. The van der Waals surface area contributed by atoms with Crippen molar-refractivity contribution in [2.75, 3.05) is 0 Å². The Morgan fingerprint density at radius 1 is 0.825 bits per heavy atom. The summed E-state index contributed by atoms with van der Waals surface area (Å²) in [7, 11) is -1.43. The minimum atomic E-state index is -1.43. The number of hydrogen-bond donors (Lipinski definition) is 0. The second kappa shape index (κ2) is 17.3. The predicted octanol–water partition coefficient (Wildman–Crippen LogP) is 13.6. The van der Waals surface area contributed by atoms with Crippen LogP contribution in [-0.4, -0.2) is 32.6 Å². The molecule has 0 bridgehead atoms. The third kappa shape index (κ3) is 8.93. The van der Waals surface area contributed by atoms with Crippen LogP contribution in [0, 0.1) is 58.5 Å². The van der Waals surface area contributed by atoms with E-state index in [4.69, 9.17) is 19.4 Å². The van der Waals surface area contributed by atoms with E-state index in [0.29, 0.717) is 11.6 Å². The SMILES string of the molecule is CC(C)Cc1cc(-c2[c-]ccc(F)c2)ncc1[Si](C)(C)C.Cc1cc(C)c(-n2c(-c3[c-]cc(C)c4c3oc3nc(C(C)(C)C)ccc34)nc3ccc4ccc(C)nc4c32)c(C)c1.[Ir]. The number of aromatic nitrogens is 5. The van der Waals surface area contributed by atoms with Gasteiger partial charge in [-0.3, -0.25) is 9.97 Å². The van der Waals surface area contributed by atoms with E-state index in [1.807, 2.05) is 19.2 Å². The number of rotatable bonds is 6. The van der Waals surface area contributed by atoms with Crippen molar-refractivity contribution < 1.29 is 28.9 Å². The molecule has 5 aromatic heterocycles. The van der Waals surface area contributed by atoms with Gasteiger partial charge in [0.05, 0.1) is 36.0 Å². The van der Waals surface area contributed by atoms with Crippen LogP contribution in [0.25, 0.3) is 72.3 Å². The zero-order chi connectivity index (χ0) is 44.4.